The summed E-state index contributed by atoms with van der Waals surface area (Å²) in [5, 5.41) is 10.8. The monoisotopic (exact) mass is 361 g/mol. The number of amides is 1. The van der Waals surface area contributed by atoms with Crippen LogP contribution in [0, 0.1) is 11.8 Å². The summed E-state index contributed by atoms with van der Waals surface area (Å²) in [5.74, 6) is 1.24. The van der Waals surface area contributed by atoms with Crippen molar-refractivity contribution in [3.8, 4) is 0 Å². The van der Waals surface area contributed by atoms with Gasteiger partial charge in [0.15, 0.2) is 9.84 Å². The summed E-state index contributed by atoms with van der Waals surface area (Å²) < 4.78 is 28.4. The first-order valence-corrected chi connectivity index (χ1v) is 10.4. The van der Waals surface area contributed by atoms with E-state index in [-0.39, 0.29) is 28.6 Å². The van der Waals surface area contributed by atoms with Crippen molar-refractivity contribution in [2.24, 2.45) is 11.8 Å². The Balaban J connectivity index is 1.83. The number of carbonyl (C=O) groups is 1. The lowest BCUT2D eigenvalue weighted by Crippen LogP contribution is -2.33. The number of hydrogen-bond acceptors (Lipinski definition) is 7. The minimum atomic E-state index is -2.90. The summed E-state index contributed by atoms with van der Waals surface area (Å²) in [4.78, 5) is 11.9. The number of thioether (sulfide) groups is 1. The minimum Gasteiger partial charge on any atom is -0.416 e. The molecule has 1 saturated heterocycles. The van der Waals surface area contributed by atoms with Crippen molar-refractivity contribution in [1.29, 1.82) is 0 Å². The van der Waals surface area contributed by atoms with Gasteiger partial charge in [-0.15, -0.1) is 10.2 Å². The molecule has 0 spiro atoms. The van der Waals surface area contributed by atoms with Gasteiger partial charge in [0, 0.05) is 13.0 Å². The van der Waals surface area contributed by atoms with Crippen molar-refractivity contribution < 1.29 is 17.6 Å². The Kier molecular flexibility index (Phi) is 6.07. The molecule has 0 unspecified atom stereocenters. The Hall–Kier alpha value is -1.09. The van der Waals surface area contributed by atoms with Crippen LogP contribution in [0.3, 0.4) is 0 Å². The molecule has 9 heteroatoms. The van der Waals surface area contributed by atoms with Gasteiger partial charge in [0.25, 0.3) is 5.22 Å². The Morgan fingerprint density at radius 2 is 2.13 bits per heavy atom. The zero-order valence-corrected chi connectivity index (χ0v) is 15.2. The van der Waals surface area contributed by atoms with Crippen LogP contribution in [-0.2, 0) is 21.1 Å². The van der Waals surface area contributed by atoms with Crippen LogP contribution in [0.5, 0.6) is 0 Å². The molecule has 1 amide bonds. The largest absolute Gasteiger partial charge is 0.416 e. The molecule has 0 saturated carbocycles. The molecule has 1 aliphatic heterocycles. The molecule has 1 fully saturated rings. The Morgan fingerprint density at radius 1 is 1.39 bits per heavy atom. The van der Waals surface area contributed by atoms with Crippen molar-refractivity contribution in [3.63, 3.8) is 0 Å². The second-order valence-electron chi connectivity index (χ2n) is 6.33. The normalized spacial score (nSPS) is 21.5. The molecular weight excluding hydrogens is 338 g/mol. The van der Waals surface area contributed by atoms with Crippen LogP contribution < -0.4 is 5.32 Å². The second-order valence-corrected chi connectivity index (χ2v) is 9.85. The van der Waals surface area contributed by atoms with E-state index in [1.54, 1.807) is 6.92 Å². The quantitative estimate of drug-likeness (QED) is 0.730. The first-order chi connectivity index (χ1) is 10.7. The van der Waals surface area contributed by atoms with Crippen LogP contribution in [0.25, 0.3) is 0 Å². The zero-order chi connectivity index (χ0) is 17.0. The van der Waals surface area contributed by atoms with Crippen molar-refractivity contribution in [1.82, 2.24) is 15.5 Å². The van der Waals surface area contributed by atoms with Gasteiger partial charge in [-0.3, -0.25) is 4.79 Å². The SMILES string of the molecule is CC(C)CNC(=O)[C@@H](C)Sc1nnc(C[C@@H]2CCS(=O)(=O)C2)o1. The number of nitrogens with zero attached hydrogens (tertiary/aromatic N) is 2. The van der Waals surface area contributed by atoms with Crippen LogP contribution in [-0.4, -0.2) is 47.8 Å². The van der Waals surface area contributed by atoms with Crippen molar-refractivity contribution in [3.05, 3.63) is 5.89 Å². The van der Waals surface area contributed by atoms with E-state index in [1.165, 1.54) is 11.8 Å². The van der Waals surface area contributed by atoms with Crippen LogP contribution in [0.2, 0.25) is 0 Å². The van der Waals surface area contributed by atoms with Gasteiger partial charge < -0.3 is 9.73 Å². The molecule has 2 atom stereocenters. The molecule has 1 aromatic rings. The van der Waals surface area contributed by atoms with E-state index in [0.717, 1.165) is 0 Å². The van der Waals surface area contributed by atoms with E-state index in [0.29, 0.717) is 36.4 Å². The first-order valence-electron chi connectivity index (χ1n) is 7.72. The van der Waals surface area contributed by atoms with E-state index in [1.807, 2.05) is 13.8 Å². The lowest BCUT2D eigenvalue weighted by Gasteiger charge is -2.11. The summed E-state index contributed by atoms with van der Waals surface area (Å²) in [6, 6.07) is 0. The number of rotatable bonds is 7. The second kappa shape index (κ2) is 7.65. The van der Waals surface area contributed by atoms with Crippen LogP contribution in [0.4, 0.5) is 0 Å². The zero-order valence-electron chi connectivity index (χ0n) is 13.6. The number of sulfone groups is 1. The summed E-state index contributed by atoms with van der Waals surface area (Å²) in [6.07, 6.45) is 1.11. The van der Waals surface area contributed by atoms with Gasteiger partial charge in [-0.05, 0) is 25.2 Å². The van der Waals surface area contributed by atoms with Crippen LogP contribution in [0.15, 0.2) is 9.64 Å². The Morgan fingerprint density at radius 3 is 2.74 bits per heavy atom. The predicted molar refractivity (Wildman–Crippen MR) is 87.9 cm³/mol. The Labute approximate surface area is 140 Å². The number of hydrogen-bond donors (Lipinski definition) is 1. The smallest absolute Gasteiger partial charge is 0.277 e. The molecular formula is C14H23N3O4S2. The predicted octanol–water partition coefficient (Wildman–Crippen LogP) is 1.30. The summed E-state index contributed by atoms with van der Waals surface area (Å²) in [7, 11) is -2.90. The van der Waals surface area contributed by atoms with Gasteiger partial charge in [-0.2, -0.15) is 0 Å². The van der Waals surface area contributed by atoms with E-state index in [2.05, 4.69) is 15.5 Å². The lowest BCUT2D eigenvalue weighted by atomic mass is 10.1. The van der Waals surface area contributed by atoms with E-state index >= 15 is 0 Å². The van der Waals surface area contributed by atoms with Crippen LogP contribution >= 0.6 is 11.8 Å². The molecule has 1 N–H and O–H groups in total. The topological polar surface area (TPSA) is 102 Å². The molecule has 1 aromatic heterocycles. The number of nitrogens with one attached hydrogen (secondary N) is 1. The van der Waals surface area contributed by atoms with Gasteiger partial charge in [-0.25, -0.2) is 8.42 Å². The third-order valence-corrected chi connectivity index (χ3v) is 6.34. The summed E-state index contributed by atoms with van der Waals surface area (Å²) in [5.41, 5.74) is 0. The molecule has 1 aliphatic rings. The fraction of sp³-hybridized carbons (Fsp3) is 0.786. The fourth-order valence-corrected chi connectivity index (χ4v) is 4.89. The highest BCUT2D eigenvalue weighted by Gasteiger charge is 2.29. The summed E-state index contributed by atoms with van der Waals surface area (Å²) >= 11 is 1.21. The average molecular weight is 361 g/mol. The third-order valence-electron chi connectivity index (χ3n) is 3.57. The highest BCUT2D eigenvalue weighted by atomic mass is 32.2. The standard InChI is InChI=1S/C14H23N3O4S2/c1-9(2)7-15-13(18)10(3)22-14-17-16-12(21-14)6-11-4-5-23(19,20)8-11/h9-11H,4-8H2,1-3H3,(H,15,18)/t10-,11+/m1/s1. The maximum Gasteiger partial charge on any atom is 0.277 e. The first kappa shape index (κ1) is 18.3. The maximum absolute atomic E-state index is 11.9. The maximum atomic E-state index is 11.9. The molecule has 130 valence electrons. The highest BCUT2D eigenvalue weighted by molar-refractivity contribution is 8.00. The fourth-order valence-electron chi connectivity index (χ4n) is 2.30. The van der Waals surface area contributed by atoms with Gasteiger partial charge in [0.2, 0.25) is 11.8 Å². The molecule has 0 bridgehead atoms. The minimum absolute atomic E-state index is 0.0464. The molecule has 2 rings (SSSR count). The van der Waals surface area contributed by atoms with Gasteiger partial charge in [-0.1, -0.05) is 25.6 Å². The molecule has 0 aromatic carbocycles. The molecule has 7 nitrogen and oxygen atoms in total. The summed E-state index contributed by atoms with van der Waals surface area (Å²) in [6.45, 7) is 6.49. The molecule has 0 aliphatic carbocycles. The van der Waals surface area contributed by atoms with Crippen molar-refractivity contribution >= 4 is 27.5 Å². The molecule has 23 heavy (non-hydrogen) atoms. The Bertz CT molecular complexity index is 642. The highest BCUT2D eigenvalue weighted by Crippen LogP contribution is 2.25. The average Bonchev–Trinajstić information content (AvgIpc) is 3.02. The van der Waals surface area contributed by atoms with Crippen molar-refractivity contribution in [2.45, 2.75) is 44.1 Å². The van der Waals surface area contributed by atoms with Gasteiger partial charge >= 0.3 is 0 Å². The van der Waals surface area contributed by atoms with E-state index in [4.69, 9.17) is 4.42 Å². The van der Waals surface area contributed by atoms with Crippen molar-refractivity contribution in [2.75, 3.05) is 18.1 Å². The van der Waals surface area contributed by atoms with Gasteiger partial charge in [0.1, 0.15) is 0 Å². The number of carbonyl (C=O) groups excluding carboxylic acids is 1. The lowest BCUT2D eigenvalue weighted by molar-refractivity contribution is -0.120. The molecule has 0 radical (unpaired) electrons. The van der Waals surface area contributed by atoms with E-state index in [9.17, 15) is 13.2 Å². The molecule has 2 heterocycles. The third kappa shape index (κ3) is 5.80. The van der Waals surface area contributed by atoms with E-state index < -0.39 is 9.84 Å². The van der Waals surface area contributed by atoms with Crippen LogP contribution in [0.1, 0.15) is 33.1 Å². The number of aromatic nitrogens is 2. The van der Waals surface area contributed by atoms with Gasteiger partial charge in [0.05, 0.1) is 16.8 Å².